The van der Waals surface area contributed by atoms with Crippen molar-refractivity contribution in [2.24, 2.45) is 0 Å². The maximum absolute atomic E-state index is 12.3. The molecule has 0 fully saturated rings. The van der Waals surface area contributed by atoms with E-state index in [2.05, 4.69) is 26.2 Å². The Morgan fingerprint density at radius 3 is 2.50 bits per heavy atom. The molecule has 6 heteroatoms. The Kier molecular flexibility index (Phi) is 5.32. The van der Waals surface area contributed by atoms with E-state index in [4.69, 9.17) is 0 Å². The number of hydrogen-bond donors (Lipinski definition) is 1. The van der Waals surface area contributed by atoms with Crippen LogP contribution in [-0.4, -0.2) is 15.5 Å². The van der Waals surface area contributed by atoms with Crippen LogP contribution in [0.3, 0.4) is 0 Å². The number of benzene rings is 2. The second kappa shape index (κ2) is 7.66. The van der Waals surface area contributed by atoms with Crippen molar-refractivity contribution >= 4 is 27.5 Å². The van der Waals surface area contributed by atoms with Crippen molar-refractivity contribution in [1.82, 2.24) is 9.55 Å². The van der Waals surface area contributed by atoms with Gasteiger partial charge in [0.05, 0.1) is 12.0 Å². The molecule has 3 rings (SSSR count). The van der Waals surface area contributed by atoms with Crippen LogP contribution in [0.25, 0.3) is 11.3 Å². The fraction of sp³-hybridized carbons (Fsp3) is 0.150. The van der Waals surface area contributed by atoms with Crippen molar-refractivity contribution in [3.05, 3.63) is 80.8 Å². The zero-order valence-electron chi connectivity index (χ0n) is 14.5. The van der Waals surface area contributed by atoms with E-state index in [0.29, 0.717) is 11.4 Å². The summed E-state index contributed by atoms with van der Waals surface area (Å²) < 4.78 is 2.27. The quantitative estimate of drug-likeness (QED) is 0.707. The van der Waals surface area contributed by atoms with Gasteiger partial charge in [-0.3, -0.25) is 14.2 Å². The fourth-order valence-corrected chi connectivity index (χ4v) is 2.75. The second-order valence-corrected chi connectivity index (χ2v) is 6.97. The van der Waals surface area contributed by atoms with E-state index in [9.17, 15) is 9.59 Å². The van der Waals surface area contributed by atoms with Crippen LogP contribution in [0.2, 0.25) is 0 Å². The molecule has 0 unspecified atom stereocenters. The minimum absolute atomic E-state index is 0.0882. The van der Waals surface area contributed by atoms with Crippen molar-refractivity contribution in [2.75, 3.05) is 5.32 Å². The number of rotatable bonds is 4. The summed E-state index contributed by atoms with van der Waals surface area (Å²) in [4.78, 5) is 28.8. The Morgan fingerprint density at radius 1 is 1.12 bits per heavy atom. The number of nitrogens with zero attached hydrogens (tertiary/aromatic N) is 2. The smallest absolute Gasteiger partial charge is 0.254 e. The third-order valence-corrected chi connectivity index (χ3v) is 4.87. The lowest BCUT2D eigenvalue weighted by atomic mass is 10.1. The van der Waals surface area contributed by atoms with Gasteiger partial charge >= 0.3 is 0 Å². The van der Waals surface area contributed by atoms with E-state index in [1.807, 2.05) is 50.2 Å². The standard InChI is InChI=1S/C20H18BrN3O2/c1-13-3-5-15(6-4-13)18-10-20(26)24(12-22-18)11-19(25)23-16-7-8-17(21)14(2)9-16/h3-10,12H,11H2,1-2H3,(H,23,25). The predicted molar refractivity (Wildman–Crippen MR) is 106 cm³/mol. The topological polar surface area (TPSA) is 64.0 Å². The average molecular weight is 412 g/mol. The highest BCUT2D eigenvalue weighted by molar-refractivity contribution is 9.10. The number of carbonyl (C=O) groups excluding carboxylic acids is 1. The molecular formula is C20H18BrN3O2. The first kappa shape index (κ1) is 18.1. The monoisotopic (exact) mass is 411 g/mol. The molecule has 0 radical (unpaired) electrons. The molecule has 26 heavy (non-hydrogen) atoms. The number of anilines is 1. The summed E-state index contributed by atoms with van der Waals surface area (Å²) in [5.74, 6) is -0.279. The van der Waals surface area contributed by atoms with Crippen LogP contribution in [-0.2, 0) is 11.3 Å². The summed E-state index contributed by atoms with van der Waals surface area (Å²) in [6, 6.07) is 14.8. The fourth-order valence-electron chi connectivity index (χ4n) is 2.50. The number of aromatic nitrogens is 2. The van der Waals surface area contributed by atoms with Crippen molar-refractivity contribution in [3.8, 4) is 11.3 Å². The van der Waals surface area contributed by atoms with E-state index in [1.54, 1.807) is 6.07 Å². The summed E-state index contributed by atoms with van der Waals surface area (Å²) in [6.07, 6.45) is 1.41. The number of halogens is 1. The molecule has 0 aliphatic heterocycles. The molecule has 1 heterocycles. The van der Waals surface area contributed by atoms with Gasteiger partial charge in [0.25, 0.3) is 5.56 Å². The Labute approximate surface area is 159 Å². The minimum Gasteiger partial charge on any atom is -0.325 e. The van der Waals surface area contributed by atoms with Gasteiger partial charge in [0.1, 0.15) is 6.54 Å². The first-order chi connectivity index (χ1) is 12.4. The lowest BCUT2D eigenvalue weighted by Crippen LogP contribution is -2.27. The molecule has 1 aromatic heterocycles. The molecule has 0 aliphatic rings. The maximum atomic E-state index is 12.3. The SMILES string of the molecule is Cc1ccc(-c2cc(=O)n(CC(=O)Nc3ccc(Br)c(C)c3)cn2)cc1. The molecule has 0 bridgehead atoms. The van der Waals surface area contributed by atoms with Crippen molar-refractivity contribution < 1.29 is 4.79 Å². The number of aryl methyl sites for hydroxylation is 2. The normalized spacial score (nSPS) is 10.6. The van der Waals surface area contributed by atoms with Crippen LogP contribution in [0, 0.1) is 13.8 Å². The molecule has 0 atom stereocenters. The molecule has 0 aliphatic carbocycles. The molecule has 2 aromatic carbocycles. The van der Waals surface area contributed by atoms with Crippen LogP contribution >= 0.6 is 15.9 Å². The molecule has 3 aromatic rings. The third kappa shape index (κ3) is 4.26. The number of carbonyl (C=O) groups is 1. The van der Waals surface area contributed by atoms with Gasteiger partial charge in [-0.25, -0.2) is 4.98 Å². The van der Waals surface area contributed by atoms with Crippen molar-refractivity contribution in [3.63, 3.8) is 0 Å². The molecule has 0 saturated carbocycles. The van der Waals surface area contributed by atoms with Crippen molar-refractivity contribution in [1.29, 1.82) is 0 Å². The third-order valence-electron chi connectivity index (χ3n) is 3.98. The van der Waals surface area contributed by atoms with Gasteiger partial charge in [-0.2, -0.15) is 0 Å². The number of nitrogens with one attached hydrogen (secondary N) is 1. The average Bonchev–Trinajstić information content (AvgIpc) is 2.60. The van der Waals surface area contributed by atoms with Gasteiger partial charge in [0.15, 0.2) is 0 Å². The van der Waals surface area contributed by atoms with E-state index < -0.39 is 0 Å². The number of hydrogen-bond acceptors (Lipinski definition) is 3. The number of amides is 1. The van der Waals surface area contributed by atoms with E-state index in [0.717, 1.165) is 21.2 Å². The summed E-state index contributed by atoms with van der Waals surface area (Å²) in [6.45, 7) is 3.85. The van der Waals surface area contributed by atoms with E-state index in [-0.39, 0.29) is 18.0 Å². The van der Waals surface area contributed by atoms with E-state index >= 15 is 0 Å². The Morgan fingerprint density at radius 2 is 1.85 bits per heavy atom. The lowest BCUT2D eigenvalue weighted by molar-refractivity contribution is -0.116. The molecule has 1 N–H and O–H groups in total. The highest BCUT2D eigenvalue weighted by atomic mass is 79.9. The van der Waals surface area contributed by atoms with Crippen LogP contribution < -0.4 is 10.9 Å². The first-order valence-electron chi connectivity index (χ1n) is 8.12. The van der Waals surface area contributed by atoms with E-state index in [1.165, 1.54) is 17.0 Å². The molecule has 1 amide bonds. The van der Waals surface area contributed by atoms with Crippen molar-refractivity contribution in [2.45, 2.75) is 20.4 Å². The summed E-state index contributed by atoms with van der Waals surface area (Å²) in [7, 11) is 0. The second-order valence-electron chi connectivity index (χ2n) is 6.12. The van der Waals surface area contributed by atoms with Crippen LogP contribution in [0.5, 0.6) is 0 Å². The van der Waals surface area contributed by atoms with Crippen LogP contribution in [0.4, 0.5) is 5.69 Å². The zero-order chi connectivity index (χ0) is 18.7. The van der Waals surface area contributed by atoms with Gasteiger partial charge in [0.2, 0.25) is 5.91 Å². The lowest BCUT2D eigenvalue weighted by Gasteiger charge is -2.09. The van der Waals surface area contributed by atoms with Gasteiger partial charge in [0, 0.05) is 21.8 Å². The Hall–Kier alpha value is -2.73. The molecular weight excluding hydrogens is 394 g/mol. The maximum Gasteiger partial charge on any atom is 0.254 e. The summed E-state index contributed by atoms with van der Waals surface area (Å²) in [5, 5.41) is 2.79. The van der Waals surface area contributed by atoms with Gasteiger partial charge < -0.3 is 5.32 Å². The first-order valence-corrected chi connectivity index (χ1v) is 8.91. The predicted octanol–water partition coefficient (Wildman–Crippen LogP) is 3.93. The highest BCUT2D eigenvalue weighted by Crippen LogP contribution is 2.20. The Balaban J connectivity index is 1.73. The van der Waals surface area contributed by atoms with Crippen LogP contribution in [0.1, 0.15) is 11.1 Å². The van der Waals surface area contributed by atoms with Gasteiger partial charge in [-0.15, -0.1) is 0 Å². The summed E-state index contributed by atoms with van der Waals surface area (Å²) in [5.41, 5.74) is 4.04. The zero-order valence-corrected chi connectivity index (χ0v) is 16.1. The van der Waals surface area contributed by atoms with Gasteiger partial charge in [-0.1, -0.05) is 45.8 Å². The largest absolute Gasteiger partial charge is 0.325 e. The molecule has 132 valence electrons. The molecule has 0 spiro atoms. The minimum atomic E-state index is -0.279. The Bertz CT molecular complexity index is 1010. The molecule has 5 nitrogen and oxygen atoms in total. The van der Waals surface area contributed by atoms with Gasteiger partial charge in [-0.05, 0) is 37.6 Å². The summed E-state index contributed by atoms with van der Waals surface area (Å²) >= 11 is 3.42. The highest BCUT2D eigenvalue weighted by Gasteiger charge is 2.08. The molecule has 0 saturated heterocycles. The van der Waals surface area contributed by atoms with Crippen LogP contribution in [0.15, 0.2) is 64.1 Å².